The van der Waals surface area contributed by atoms with Gasteiger partial charge in [0.25, 0.3) is 0 Å². The molecule has 0 aromatic rings. The van der Waals surface area contributed by atoms with Gasteiger partial charge in [0.1, 0.15) is 0 Å². The Hall–Kier alpha value is -1.32. The van der Waals surface area contributed by atoms with E-state index in [1.54, 1.807) is 0 Å². The van der Waals surface area contributed by atoms with Crippen LogP contribution in [0.1, 0.15) is 38.5 Å². The van der Waals surface area contributed by atoms with Crippen molar-refractivity contribution < 1.29 is 19.8 Å². The highest BCUT2D eigenvalue weighted by atomic mass is 16.4. The number of rotatable bonds is 2. The van der Waals surface area contributed by atoms with Gasteiger partial charge in [0.05, 0.1) is 11.8 Å². The monoisotopic (exact) mass is 224 g/mol. The van der Waals surface area contributed by atoms with Gasteiger partial charge in [-0.3, -0.25) is 9.59 Å². The van der Waals surface area contributed by atoms with Crippen molar-refractivity contribution in [1.82, 2.24) is 0 Å². The fourth-order valence-corrected chi connectivity index (χ4v) is 2.86. The fourth-order valence-electron chi connectivity index (χ4n) is 2.86. The van der Waals surface area contributed by atoms with Crippen LogP contribution < -0.4 is 0 Å². The molecule has 88 valence electrons. The molecule has 0 aliphatic heterocycles. The number of carboxylic acids is 2. The zero-order valence-corrected chi connectivity index (χ0v) is 9.11. The van der Waals surface area contributed by atoms with Gasteiger partial charge in [-0.15, -0.1) is 0 Å². The highest BCUT2D eigenvalue weighted by Crippen LogP contribution is 2.41. The first-order valence-electron chi connectivity index (χ1n) is 5.75. The van der Waals surface area contributed by atoms with Crippen LogP contribution in [0.2, 0.25) is 0 Å². The van der Waals surface area contributed by atoms with Gasteiger partial charge in [-0.1, -0.05) is 11.1 Å². The quantitative estimate of drug-likeness (QED) is 0.704. The molecule has 2 rings (SSSR count). The second-order valence-corrected chi connectivity index (χ2v) is 4.71. The summed E-state index contributed by atoms with van der Waals surface area (Å²) in [5.74, 6) is -3.39. The van der Waals surface area contributed by atoms with Crippen molar-refractivity contribution in [3.63, 3.8) is 0 Å². The number of aliphatic carboxylic acids is 2. The molecule has 0 heterocycles. The average molecular weight is 224 g/mol. The average Bonchev–Trinajstić information content (AvgIpc) is 2.27. The largest absolute Gasteiger partial charge is 0.481 e. The van der Waals surface area contributed by atoms with Crippen molar-refractivity contribution in [1.29, 1.82) is 0 Å². The Morgan fingerprint density at radius 3 is 1.56 bits per heavy atom. The molecule has 0 aromatic heterocycles. The van der Waals surface area contributed by atoms with Gasteiger partial charge >= 0.3 is 11.9 Å². The lowest BCUT2D eigenvalue weighted by Gasteiger charge is -2.32. The van der Waals surface area contributed by atoms with E-state index >= 15 is 0 Å². The number of hydrogen-bond acceptors (Lipinski definition) is 2. The highest BCUT2D eigenvalue weighted by molar-refractivity contribution is 5.81. The molecule has 16 heavy (non-hydrogen) atoms. The van der Waals surface area contributed by atoms with Crippen molar-refractivity contribution in [3.8, 4) is 0 Å². The maximum Gasteiger partial charge on any atom is 0.307 e. The van der Waals surface area contributed by atoms with E-state index < -0.39 is 23.8 Å². The third-order valence-corrected chi connectivity index (χ3v) is 3.76. The molecule has 0 radical (unpaired) electrons. The molecule has 2 unspecified atom stereocenters. The lowest BCUT2D eigenvalue weighted by Crippen LogP contribution is -2.34. The molecule has 4 heteroatoms. The van der Waals surface area contributed by atoms with Crippen LogP contribution in [0.4, 0.5) is 0 Å². The van der Waals surface area contributed by atoms with E-state index in [4.69, 9.17) is 10.2 Å². The van der Waals surface area contributed by atoms with Gasteiger partial charge in [0, 0.05) is 0 Å². The van der Waals surface area contributed by atoms with E-state index in [1.165, 1.54) is 11.1 Å². The minimum atomic E-state index is -0.968. The van der Waals surface area contributed by atoms with Gasteiger partial charge in [-0.25, -0.2) is 0 Å². The van der Waals surface area contributed by atoms with Crippen molar-refractivity contribution in [2.45, 2.75) is 38.5 Å². The van der Waals surface area contributed by atoms with Crippen LogP contribution >= 0.6 is 0 Å². The predicted octanol–water partition coefficient (Wildman–Crippen LogP) is 2.05. The zero-order chi connectivity index (χ0) is 11.7. The second kappa shape index (κ2) is 4.28. The summed E-state index contributed by atoms with van der Waals surface area (Å²) in [6.45, 7) is 0. The Kier molecular flexibility index (Phi) is 2.99. The Balaban J connectivity index is 2.25. The maximum absolute atomic E-state index is 11.1. The molecule has 0 saturated heterocycles. The Labute approximate surface area is 94.0 Å². The van der Waals surface area contributed by atoms with Crippen LogP contribution in [-0.2, 0) is 9.59 Å². The standard InChI is InChI=1S/C12H16O4/c13-11(14)9-5-7-3-1-2-4-8(7)6-10(9)12(15)16/h9-10H,1-6H2,(H,13,14)(H,15,16). The van der Waals surface area contributed by atoms with Crippen molar-refractivity contribution in [2.24, 2.45) is 11.8 Å². The first-order chi connectivity index (χ1) is 7.59. The summed E-state index contributed by atoms with van der Waals surface area (Å²) in [5.41, 5.74) is 2.44. The minimum Gasteiger partial charge on any atom is -0.481 e. The van der Waals surface area contributed by atoms with Crippen LogP contribution in [0.3, 0.4) is 0 Å². The summed E-state index contributed by atoms with van der Waals surface area (Å²) >= 11 is 0. The van der Waals surface area contributed by atoms with Crippen LogP contribution in [-0.4, -0.2) is 22.2 Å². The third kappa shape index (κ3) is 1.96. The lowest BCUT2D eigenvalue weighted by molar-refractivity contribution is -0.154. The van der Waals surface area contributed by atoms with Crippen molar-refractivity contribution in [2.75, 3.05) is 0 Å². The predicted molar refractivity (Wildman–Crippen MR) is 57.0 cm³/mol. The van der Waals surface area contributed by atoms with Crippen LogP contribution in [0, 0.1) is 11.8 Å². The van der Waals surface area contributed by atoms with E-state index in [0.29, 0.717) is 12.8 Å². The Bertz CT molecular complexity index is 322. The van der Waals surface area contributed by atoms with Crippen LogP contribution in [0.15, 0.2) is 11.1 Å². The molecule has 0 amide bonds. The van der Waals surface area contributed by atoms with E-state index in [0.717, 1.165) is 25.7 Å². The van der Waals surface area contributed by atoms with E-state index in [2.05, 4.69) is 0 Å². The molecule has 2 aliphatic carbocycles. The maximum atomic E-state index is 11.1. The summed E-state index contributed by atoms with van der Waals surface area (Å²) in [7, 11) is 0. The molecule has 2 N–H and O–H groups in total. The van der Waals surface area contributed by atoms with E-state index in [9.17, 15) is 9.59 Å². The molecule has 0 spiro atoms. The topological polar surface area (TPSA) is 74.6 Å². The number of carbonyl (C=O) groups is 2. The summed E-state index contributed by atoms with van der Waals surface area (Å²) < 4.78 is 0. The smallest absolute Gasteiger partial charge is 0.307 e. The molecule has 4 nitrogen and oxygen atoms in total. The molecular formula is C12H16O4. The SMILES string of the molecule is O=C(O)C1CC2=C(CCCC2)CC1C(=O)O. The number of hydrogen-bond donors (Lipinski definition) is 2. The summed E-state index contributed by atoms with van der Waals surface area (Å²) in [4.78, 5) is 22.1. The van der Waals surface area contributed by atoms with Crippen molar-refractivity contribution >= 4 is 11.9 Å². The lowest BCUT2D eigenvalue weighted by atomic mass is 9.71. The van der Waals surface area contributed by atoms with Gasteiger partial charge in [-0.2, -0.15) is 0 Å². The van der Waals surface area contributed by atoms with E-state index in [1.807, 2.05) is 0 Å². The number of carboxylic acid groups (broad SMARTS) is 2. The van der Waals surface area contributed by atoms with Crippen LogP contribution in [0.25, 0.3) is 0 Å². The fraction of sp³-hybridized carbons (Fsp3) is 0.667. The highest BCUT2D eigenvalue weighted by Gasteiger charge is 2.39. The summed E-state index contributed by atoms with van der Waals surface area (Å²) in [6, 6.07) is 0. The Morgan fingerprint density at radius 2 is 1.25 bits per heavy atom. The zero-order valence-electron chi connectivity index (χ0n) is 9.11. The number of allylic oxidation sites excluding steroid dienone is 2. The minimum absolute atomic E-state index is 0.446. The van der Waals surface area contributed by atoms with Crippen LogP contribution in [0.5, 0.6) is 0 Å². The summed E-state index contributed by atoms with van der Waals surface area (Å²) in [5, 5.41) is 18.1. The van der Waals surface area contributed by atoms with Gasteiger partial charge in [0.15, 0.2) is 0 Å². The Morgan fingerprint density at radius 1 is 0.875 bits per heavy atom. The molecular weight excluding hydrogens is 208 g/mol. The molecule has 2 aliphatic rings. The van der Waals surface area contributed by atoms with Gasteiger partial charge < -0.3 is 10.2 Å². The van der Waals surface area contributed by atoms with E-state index in [-0.39, 0.29) is 0 Å². The van der Waals surface area contributed by atoms with Gasteiger partial charge in [0.2, 0.25) is 0 Å². The first kappa shape index (κ1) is 11.2. The molecule has 0 aromatic carbocycles. The molecule has 0 saturated carbocycles. The van der Waals surface area contributed by atoms with Gasteiger partial charge in [-0.05, 0) is 38.5 Å². The van der Waals surface area contributed by atoms with Crippen molar-refractivity contribution in [3.05, 3.63) is 11.1 Å². The second-order valence-electron chi connectivity index (χ2n) is 4.71. The molecule has 2 atom stereocenters. The summed E-state index contributed by atoms with van der Waals surface area (Å²) in [6.07, 6.45) is 5.05. The third-order valence-electron chi connectivity index (χ3n) is 3.76. The normalized spacial score (nSPS) is 29.8. The first-order valence-corrected chi connectivity index (χ1v) is 5.75. The molecule has 0 fully saturated rings. The molecule has 0 bridgehead atoms.